The number of hydrogen-bond acceptors (Lipinski definition) is 4. The van der Waals surface area contributed by atoms with Crippen LogP contribution in [-0.4, -0.2) is 17.0 Å². The maximum Gasteiger partial charge on any atom is 0.164 e. The molecule has 0 spiro atoms. The lowest BCUT2D eigenvalue weighted by Gasteiger charge is -2.08. The summed E-state index contributed by atoms with van der Waals surface area (Å²) >= 11 is 16.9. The highest BCUT2D eigenvalue weighted by Crippen LogP contribution is 2.38. The molecule has 0 atom stereocenters. The number of anilines is 1. The number of hydrogen-bond donors (Lipinski definition) is 1. The summed E-state index contributed by atoms with van der Waals surface area (Å²) in [5.74, 6) is 1.32. The molecule has 1 N–H and O–H groups in total. The van der Waals surface area contributed by atoms with Crippen LogP contribution in [0.15, 0.2) is 28.7 Å². The Bertz CT molecular complexity index is 804. The van der Waals surface area contributed by atoms with Gasteiger partial charge in [0.2, 0.25) is 0 Å². The van der Waals surface area contributed by atoms with Crippen molar-refractivity contribution < 1.29 is 0 Å². The molecule has 0 radical (unpaired) electrons. The maximum atomic E-state index is 6.18. The first kappa shape index (κ1) is 14.1. The third kappa shape index (κ3) is 2.51. The zero-order chi connectivity index (χ0) is 14.3. The van der Waals surface area contributed by atoms with Gasteiger partial charge in [0.05, 0.1) is 15.4 Å². The Labute approximate surface area is 138 Å². The van der Waals surface area contributed by atoms with Crippen LogP contribution >= 0.6 is 50.5 Å². The molecule has 102 valence electrons. The van der Waals surface area contributed by atoms with Crippen LogP contribution in [0.4, 0.5) is 5.82 Å². The van der Waals surface area contributed by atoms with Crippen LogP contribution in [-0.2, 0) is 0 Å². The molecule has 0 bridgehead atoms. The van der Waals surface area contributed by atoms with Gasteiger partial charge in [-0.05, 0) is 24.3 Å². The summed E-state index contributed by atoms with van der Waals surface area (Å²) < 4.78 is 2.19. The molecule has 3 rings (SSSR count). The lowest BCUT2D eigenvalue weighted by Crippen LogP contribution is -1.98. The Morgan fingerprint density at radius 2 is 2.00 bits per heavy atom. The molecule has 3 nitrogen and oxygen atoms in total. The topological polar surface area (TPSA) is 37.8 Å². The summed E-state index contributed by atoms with van der Waals surface area (Å²) in [5, 5.41) is 4.04. The van der Waals surface area contributed by atoms with Gasteiger partial charge in [-0.15, -0.1) is 11.3 Å². The van der Waals surface area contributed by atoms with Crippen LogP contribution in [0.1, 0.15) is 0 Å². The lowest BCUT2D eigenvalue weighted by molar-refractivity contribution is 1.22. The fourth-order valence-corrected chi connectivity index (χ4v) is 3.72. The van der Waals surface area contributed by atoms with Gasteiger partial charge < -0.3 is 5.32 Å². The molecule has 0 saturated carbocycles. The first-order valence-corrected chi connectivity index (χ1v) is 8.05. The third-order valence-electron chi connectivity index (χ3n) is 2.79. The highest BCUT2D eigenvalue weighted by molar-refractivity contribution is 9.10. The van der Waals surface area contributed by atoms with Crippen LogP contribution in [0.25, 0.3) is 22.3 Å². The fourth-order valence-electron chi connectivity index (χ4n) is 1.90. The van der Waals surface area contributed by atoms with Gasteiger partial charge in [-0.25, -0.2) is 9.97 Å². The molecule has 2 heterocycles. The molecule has 0 aliphatic heterocycles. The van der Waals surface area contributed by atoms with Crippen molar-refractivity contribution >= 4 is 67.2 Å². The second-order valence-corrected chi connectivity index (χ2v) is 7.25. The first-order valence-electron chi connectivity index (χ1n) is 5.69. The number of nitrogens with one attached hydrogen (secondary N) is 1. The highest BCUT2D eigenvalue weighted by Gasteiger charge is 2.14. The SMILES string of the molecule is CNc1nc(-c2cc(Cl)sc2Cl)nc2ccc(Br)cc12. The number of nitrogens with zero attached hydrogens (tertiary/aromatic N) is 2. The van der Waals surface area contributed by atoms with E-state index in [-0.39, 0.29) is 0 Å². The van der Waals surface area contributed by atoms with Crippen LogP contribution in [0.5, 0.6) is 0 Å². The molecular weight excluding hydrogens is 381 g/mol. The van der Waals surface area contributed by atoms with Gasteiger partial charge in [0, 0.05) is 16.9 Å². The zero-order valence-electron chi connectivity index (χ0n) is 10.2. The van der Waals surface area contributed by atoms with Gasteiger partial charge in [0.25, 0.3) is 0 Å². The molecule has 0 amide bonds. The van der Waals surface area contributed by atoms with E-state index in [1.807, 2.05) is 25.2 Å². The van der Waals surface area contributed by atoms with Gasteiger partial charge in [0.1, 0.15) is 10.2 Å². The summed E-state index contributed by atoms with van der Waals surface area (Å²) in [7, 11) is 1.83. The third-order valence-corrected chi connectivity index (χ3v) is 4.77. The number of thiophene rings is 1. The minimum Gasteiger partial charge on any atom is -0.373 e. The van der Waals surface area contributed by atoms with E-state index in [9.17, 15) is 0 Å². The molecule has 1 aromatic carbocycles. The van der Waals surface area contributed by atoms with Crippen molar-refractivity contribution in [1.29, 1.82) is 0 Å². The van der Waals surface area contributed by atoms with Gasteiger partial charge in [-0.2, -0.15) is 0 Å². The number of fused-ring (bicyclic) bond motifs is 1. The summed E-state index contributed by atoms with van der Waals surface area (Å²) in [6, 6.07) is 7.65. The molecule has 2 aromatic heterocycles. The van der Waals surface area contributed by atoms with Crippen molar-refractivity contribution in [3.63, 3.8) is 0 Å². The summed E-state index contributed by atoms with van der Waals surface area (Å²) in [4.78, 5) is 9.09. The monoisotopic (exact) mass is 387 g/mol. The molecular formula is C13H8BrCl2N3S. The normalized spacial score (nSPS) is 11.0. The van der Waals surface area contributed by atoms with E-state index in [2.05, 4.69) is 31.2 Å². The van der Waals surface area contributed by atoms with Gasteiger partial charge in [0.15, 0.2) is 5.82 Å². The minimum absolute atomic E-state index is 0.567. The van der Waals surface area contributed by atoms with Crippen LogP contribution in [0.2, 0.25) is 8.67 Å². The minimum atomic E-state index is 0.567. The van der Waals surface area contributed by atoms with Crippen molar-refractivity contribution in [2.45, 2.75) is 0 Å². The van der Waals surface area contributed by atoms with E-state index in [0.717, 1.165) is 26.8 Å². The Balaban J connectivity index is 2.28. The quantitative estimate of drug-likeness (QED) is 0.632. The van der Waals surface area contributed by atoms with Crippen molar-refractivity contribution in [3.05, 3.63) is 37.4 Å². The molecule has 0 aliphatic rings. The van der Waals surface area contributed by atoms with Gasteiger partial charge in [-0.3, -0.25) is 0 Å². The van der Waals surface area contributed by atoms with Gasteiger partial charge >= 0.3 is 0 Å². The van der Waals surface area contributed by atoms with Crippen LogP contribution < -0.4 is 5.32 Å². The summed E-state index contributed by atoms with van der Waals surface area (Å²) in [6.45, 7) is 0. The highest BCUT2D eigenvalue weighted by atomic mass is 79.9. The Hall–Kier alpha value is -0.880. The summed E-state index contributed by atoms with van der Waals surface area (Å²) in [6.07, 6.45) is 0. The van der Waals surface area contributed by atoms with Crippen molar-refractivity contribution in [3.8, 4) is 11.4 Å². The molecule has 0 unspecified atom stereocenters. The van der Waals surface area contributed by atoms with Crippen LogP contribution in [0, 0.1) is 0 Å². The predicted octanol–water partition coefficient (Wildman–Crippen LogP) is 5.47. The van der Waals surface area contributed by atoms with Crippen molar-refractivity contribution in [2.24, 2.45) is 0 Å². The molecule has 3 aromatic rings. The maximum absolute atomic E-state index is 6.18. The second kappa shape index (κ2) is 5.48. The Kier molecular flexibility index (Phi) is 3.86. The van der Waals surface area contributed by atoms with E-state index in [1.165, 1.54) is 11.3 Å². The van der Waals surface area contributed by atoms with E-state index >= 15 is 0 Å². The van der Waals surface area contributed by atoms with Crippen LogP contribution in [0.3, 0.4) is 0 Å². The molecule has 0 aliphatic carbocycles. The Morgan fingerprint density at radius 3 is 2.65 bits per heavy atom. The average molecular weight is 389 g/mol. The smallest absolute Gasteiger partial charge is 0.164 e. The zero-order valence-corrected chi connectivity index (χ0v) is 14.2. The van der Waals surface area contributed by atoms with E-state index in [0.29, 0.717) is 14.5 Å². The van der Waals surface area contributed by atoms with Gasteiger partial charge in [-0.1, -0.05) is 39.1 Å². The largest absolute Gasteiger partial charge is 0.373 e. The fraction of sp³-hybridized carbons (Fsp3) is 0.0769. The van der Waals surface area contributed by atoms with E-state index < -0.39 is 0 Å². The van der Waals surface area contributed by atoms with Crippen molar-refractivity contribution in [2.75, 3.05) is 12.4 Å². The number of rotatable bonds is 2. The molecule has 0 saturated heterocycles. The number of aromatic nitrogens is 2. The van der Waals surface area contributed by atoms with Crippen molar-refractivity contribution in [1.82, 2.24) is 9.97 Å². The first-order chi connectivity index (χ1) is 9.58. The number of halogens is 3. The Morgan fingerprint density at radius 1 is 1.20 bits per heavy atom. The van der Waals surface area contributed by atoms with E-state index in [4.69, 9.17) is 23.2 Å². The average Bonchev–Trinajstić information content (AvgIpc) is 2.76. The number of benzene rings is 1. The van der Waals surface area contributed by atoms with E-state index in [1.54, 1.807) is 6.07 Å². The molecule has 0 fully saturated rings. The lowest BCUT2D eigenvalue weighted by atomic mass is 10.2. The molecule has 7 heteroatoms. The molecule has 20 heavy (non-hydrogen) atoms. The summed E-state index contributed by atoms with van der Waals surface area (Å²) in [5.41, 5.74) is 1.60. The predicted molar refractivity (Wildman–Crippen MR) is 90.1 cm³/mol. The standard InChI is InChI=1S/C13H8BrCl2N3S/c1-17-12-7-4-6(14)2-3-9(7)18-13(19-12)8-5-10(15)20-11(8)16/h2-5H,1H3,(H,17,18,19). The second-order valence-electron chi connectivity index (χ2n) is 4.05.